The predicted octanol–water partition coefficient (Wildman–Crippen LogP) is 1.52. The SMILES string of the molecule is Cc1cc2cccc(N)c2nn1. The summed E-state index contributed by atoms with van der Waals surface area (Å²) in [6.07, 6.45) is 0. The second-order valence-electron chi connectivity index (χ2n) is 2.77. The summed E-state index contributed by atoms with van der Waals surface area (Å²) in [7, 11) is 0. The van der Waals surface area contributed by atoms with Crippen LogP contribution in [0.1, 0.15) is 5.69 Å². The Morgan fingerprint density at radius 1 is 1.25 bits per heavy atom. The lowest BCUT2D eigenvalue weighted by molar-refractivity contribution is 1.02. The van der Waals surface area contributed by atoms with Crippen molar-refractivity contribution in [3.05, 3.63) is 30.0 Å². The largest absolute Gasteiger partial charge is 0.397 e. The maximum atomic E-state index is 5.70. The van der Waals surface area contributed by atoms with E-state index in [-0.39, 0.29) is 0 Å². The Hall–Kier alpha value is -1.64. The lowest BCUT2D eigenvalue weighted by Gasteiger charge is -1.99. The first kappa shape index (κ1) is 7.03. The van der Waals surface area contributed by atoms with Crippen LogP contribution in [0.2, 0.25) is 0 Å². The van der Waals surface area contributed by atoms with E-state index in [2.05, 4.69) is 10.2 Å². The highest BCUT2D eigenvalue weighted by Crippen LogP contribution is 2.17. The van der Waals surface area contributed by atoms with Crippen molar-refractivity contribution >= 4 is 16.6 Å². The fourth-order valence-corrected chi connectivity index (χ4v) is 1.19. The van der Waals surface area contributed by atoms with E-state index < -0.39 is 0 Å². The van der Waals surface area contributed by atoms with Crippen molar-refractivity contribution in [2.24, 2.45) is 0 Å². The number of hydrogen-bond acceptors (Lipinski definition) is 3. The van der Waals surface area contributed by atoms with E-state index in [1.54, 1.807) is 0 Å². The van der Waals surface area contributed by atoms with Crippen LogP contribution in [0.25, 0.3) is 10.9 Å². The summed E-state index contributed by atoms with van der Waals surface area (Å²) in [5, 5.41) is 8.99. The molecule has 12 heavy (non-hydrogen) atoms. The van der Waals surface area contributed by atoms with E-state index in [1.807, 2.05) is 31.2 Å². The minimum Gasteiger partial charge on any atom is -0.397 e. The third-order valence-electron chi connectivity index (χ3n) is 1.77. The second-order valence-corrected chi connectivity index (χ2v) is 2.77. The van der Waals surface area contributed by atoms with Crippen molar-refractivity contribution in [3.8, 4) is 0 Å². The van der Waals surface area contributed by atoms with Crippen molar-refractivity contribution in [2.75, 3.05) is 5.73 Å². The average Bonchev–Trinajstić information content (AvgIpc) is 2.04. The fourth-order valence-electron chi connectivity index (χ4n) is 1.19. The van der Waals surface area contributed by atoms with Crippen molar-refractivity contribution < 1.29 is 0 Å². The molecule has 1 aromatic carbocycles. The van der Waals surface area contributed by atoms with Crippen molar-refractivity contribution in [3.63, 3.8) is 0 Å². The molecule has 1 aromatic heterocycles. The van der Waals surface area contributed by atoms with Crippen LogP contribution < -0.4 is 5.73 Å². The van der Waals surface area contributed by atoms with Gasteiger partial charge >= 0.3 is 0 Å². The number of benzene rings is 1. The minimum absolute atomic E-state index is 0.681. The molecule has 3 heteroatoms. The standard InChI is InChI=1S/C9H9N3/c1-6-5-7-3-2-4-8(10)9(7)12-11-6/h2-5H,10H2,1H3. The molecule has 0 aliphatic heterocycles. The number of nitrogen functional groups attached to an aromatic ring is 1. The molecule has 0 aliphatic carbocycles. The molecule has 0 saturated heterocycles. The van der Waals surface area contributed by atoms with Crippen LogP contribution in [0.4, 0.5) is 5.69 Å². The number of hydrogen-bond donors (Lipinski definition) is 1. The molecule has 0 atom stereocenters. The van der Waals surface area contributed by atoms with Gasteiger partial charge in [0, 0.05) is 5.39 Å². The molecule has 0 aliphatic rings. The molecule has 0 radical (unpaired) electrons. The molecule has 0 bridgehead atoms. The molecule has 2 rings (SSSR count). The molecular formula is C9H9N3. The van der Waals surface area contributed by atoms with Gasteiger partial charge in [-0.3, -0.25) is 0 Å². The number of fused-ring (bicyclic) bond motifs is 1. The van der Waals surface area contributed by atoms with E-state index in [0.29, 0.717) is 5.69 Å². The minimum atomic E-state index is 0.681. The first-order chi connectivity index (χ1) is 5.77. The summed E-state index contributed by atoms with van der Waals surface area (Å²) < 4.78 is 0. The van der Waals surface area contributed by atoms with Crippen LogP contribution in [0.3, 0.4) is 0 Å². The van der Waals surface area contributed by atoms with Crippen LogP contribution in [-0.2, 0) is 0 Å². The Bertz CT molecular complexity index is 423. The lowest BCUT2D eigenvalue weighted by Crippen LogP contribution is -1.92. The van der Waals surface area contributed by atoms with Crippen molar-refractivity contribution in [1.82, 2.24) is 10.2 Å². The zero-order valence-corrected chi connectivity index (χ0v) is 6.78. The Morgan fingerprint density at radius 3 is 2.92 bits per heavy atom. The summed E-state index contributed by atoms with van der Waals surface area (Å²) in [6.45, 7) is 1.91. The molecule has 0 fully saturated rings. The van der Waals surface area contributed by atoms with Gasteiger partial charge in [-0.05, 0) is 19.1 Å². The Kier molecular flexibility index (Phi) is 1.43. The summed E-state index contributed by atoms with van der Waals surface area (Å²) in [5.41, 5.74) is 8.08. The summed E-state index contributed by atoms with van der Waals surface area (Å²) in [4.78, 5) is 0. The topological polar surface area (TPSA) is 51.8 Å². The van der Waals surface area contributed by atoms with E-state index in [0.717, 1.165) is 16.6 Å². The van der Waals surface area contributed by atoms with Gasteiger partial charge in [0.1, 0.15) is 5.52 Å². The second kappa shape index (κ2) is 2.44. The molecule has 3 nitrogen and oxygen atoms in total. The van der Waals surface area contributed by atoms with Crippen LogP contribution in [0.15, 0.2) is 24.3 Å². The fraction of sp³-hybridized carbons (Fsp3) is 0.111. The zero-order chi connectivity index (χ0) is 8.55. The van der Waals surface area contributed by atoms with Gasteiger partial charge in [-0.1, -0.05) is 12.1 Å². The number of nitrogens with two attached hydrogens (primary N) is 1. The smallest absolute Gasteiger partial charge is 0.116 e. The van der Waals surface area contributed by atoms with E-state index in [4.69, 9.17) is 5.73 Å². The Labute approximate surface area is 70.2 Å². The Morgan fingerprint density at radius 2 is 2.08 bits per heavy atom. The van der Waals surface area contributed by atoms with Gasteiger partial charge in [-0.2, -0.15) is 5.10 Å². The maximum absolute atomic E-state index is 5.70. The first-order valence-electron chi connectivity index (χ1n) is 3.76. The highest BCUT2D eigenvalue weighted by Gasteiger charge is 1.98. The predicted molar refractivity (Wildman–Crippen MR) is 48.7 cm³/mol. The number of aromatic nitrogens is 2. The third kappa shape index (κ3) is 0.993. The van der Waals surface area contributed by atoms with Crippen LogP contribution in [0, 0.1) is 6.92 Å². The van der Waals surface area contributed by atoms with Gasteiger partial charge in [-0.25, -0.2) is 0 Å². The number of anilines is 1. The lowest BCUT2D eigenvalue weighted by atomic mass is 10.2. The average molecular weight is 159 g/mol. The maximum Gasteiger partial charge on any atom is 0.116 e. The molecule has 0 unspecified atom stereocenters. The number of aryl methyl sites for hydroxylation is 1. The molecular weight excluding hydrogens is 150 g/mol. The van der Waals surface area contributed by atoms with Gasteiger partial charge < -0.3 is 5.73 Å². The van der Waals surface area contributed by atoms with Gasteiger partial charge in [0.2, 0.25) is 0 Å². The molecule has 1 heterocycles. The van der Waals surface area contributed by atoms with Gasteiger partial charge in [0.25, 0.3) is 0 Å². The normalized spacial score (nSPS) is 10.4. The zero-order valence-electron chi connectivity index (χ0n) is 6.78. The highest BCUT2D eigenvalue weighted by atomic mass is 15.1. The van der Waals surface area contributed by atoms with Crippen molar-refractivity contribution in [2.45, 2.75) is 6.92 Å². The molecule has 0 amide bonds. The number of nitrogens with zero attached hydrogens (tertiary/aromatic N) is 2. The summed E-state index contributed by atoms with van der Waals surface area (Å²) in [6, 6.07) is 7.69. The highest BCUT2D eigenvalue weighted by molar-refractivity contribution is 5.88. The van der Waals surface area contributed by atoms with Gasteiger partial charge in [-0.15, -0.1) is 5.10 Å². The van der Waals surface area contributed by atoms with Crippen LogP contribution in [-0.4, -0.2) is 10.2 Å². The van der Waals surface area contributed by atoms with Crippen LogP contribution >= 0.6 is 0 Å². The molecule has 0 saturated carbocycles. The summed E-state index contributed by atoms with van der Waals surface area (Å²) in [5.74, 6) is 0. The number of rotatable bonds is 0. The summed E-state index contributed by atoms with van der Waals surface area (Å²) >= 11 is 0. The molecule has 2 N–H and O–H groups in total. The van der Waals surface area contributed by atoms with E-state index >= 15 is 0 Å². The Balaban J connectivity index is 2.86. The third-order valence-corrected chi connectivity index (χ3v) is 1.77. The van der Waals surface area contributed by atoms with Crippen molar-refractivity contribution in [1.29, 1.82) is 0 Å². The molecule has 0 spiro atoms. The molecule has 2 aromatic rings. The van der Waals surface area contributed by atoms with Gasteiger partial charge in [0.05, 0.1) is 11.4 Å². The monoisotopic (exact) mass is 159 g/mol. The van der Waals surface area contributed by atoms with E-state index in [9.17, 15) is 0 Å². The first-order valence-corrected chi connectivity index (χ1v) is 3.76. The quantitative estimate of drug-likeness (QED) is 0.593. The van der Waals surface area contributed by atoms with Gasteiger partial charge in [0.15, 0.2) is 0 Å². The molecule has 60 valence electrons. The van der Waals surface area contributed by atoms with Crippen LogP contribution in [0.5, 0.6) is 0 Å². The van der Waals surface area contributed by atoms with E-state index in [1.165, 1.54) is 0 Å².